The molecule has 92 valence electrons. The average molecular weight is 282 g/mol. The third kappa shape index (κ3) is 2.72. The minimum atomic E-state index is -0.127. The lowest BCUT2D eigenvalue weighted by molar-refractivity contribution is 0.482. The second kappa shape index (κ2) is 5.25. The van der Waals surface area contributed by atoms with Crippen molar-refractivity contribution in [2.45, 2.75) is 0 Å². The number of hydrogen-bond acceptors (Lipinski definition) is 3. The first kappa shape index (κ1) is 12.7. The molecule has 4 nitrogen and oxygen atoms in total. The van der Waals surface area contributed by atoms with Gasteiger partial charge in [0, 0.05) is 12.3 Å². The number of halogens is 2. The molecule has 1 heterocycles. The molecular formula is C12H9Cl2N3O. The number of aromatic nitrogens is 1. The van der Waals surface area contributed by atoms with Crippen LogP contribution in [-0.4, -0.2) is 10.8 Å². The number of nitrogens with zero attached hydrogens (tertiary/aromatic N) is 1. The molecule has 0 amide bonds. The maximum absolute atomic E-state index is 7.30. The predicted octanol–water partition coefficient (Wildman–Crippen LogP) is 3.46. The molecule has 1 aromatic carbocycles. The van der Waals surface area contributed by atoms with Crippen LogP contribution in [0, 0.1) is 5.41 Å². The van der Waals surface area contributed by atoms with Gasteiger partial charge in [0.2, 0.25) is 0 Å². The number of rotatable bonds is 3. The van der Waals surface area contributed by atoms with Crippen molar-refractivity contribution in [1.29, 1.82) is 5.41 Å². The van der Waals surface area contributed by atoms with Crippen molar-refractivity contribution < 1.29 is 4.74 Å². The summed E-state index contributed by atoms with van der Waals surface area (Å²) in [6.07, 6.45) is 1.50. The molecule has 0 radical (unpaired) electrons. The summed E-state index contributed by atoms with van der Waals surface area (Å²) in [4.78, 5) is 3.93. The minimum absolute atomic E-state index is 0.127. The molecule has 18 heavy (non-hydrogen) atoms. The van der Waals surface area contributed by atoms with E-state index in [1.54, 1.807) is 30.3 Å². The van der Waals surface area contributed by atoms with Crippen LogP contribution in [0.1, 0.15) is 5.69 Å². The van der Waals surface area contributed by atoms with Crippen LogP contribution in [0.15, 0.2) is 36.5 Å². The van der Waals surface area contributed by atoms with Crippen molar-refractivity contribution >= 4 is 29.0 Å². The molecule has 0 fully saturated rings. The lowest BCUT2D eigenvalue weighted by Crippen LogP contribution is -2.12. The number of amidine groups is 1. The van der Waals surface area contributed by atoms with Gasteiger partial charge < -0.3 is 10.5 Å². The fourth-order valence-corrected chi connectivity index (χ4v) is 1.64. The fourth-order valence-electron chi connectivity index (χ4n) is 1.31. The highest BCUT2D eigenvalue weighted by Gasteiger charge is 2.07. The van der Waals surface area contributed by atoms with Crippen LogP contribution in [-0.2, 0) is 0 Å². The van der Waals surface area contributed by atoms with Gasteiger partial charge in [-0.05, 0) is 18.2 Å². The molecule has 0 atom stereocenters. The summed E-state index contributed by atoms with van der Waals surface area (Å²) in [7, 11) is 0. The Bertz CT molecular complexity index is 602. The van der Waals surface area contributed by atoms with Crippen LogP contribution >= 0.6 is 23.2 Å². The normalized spacial score (nSPS) is 10.1. The first-order valence-corrected chi connectivity index (χ1v) is 5.76. The van der Waals surface area contributed by atoms with Gasteiger partial charge in [0.05, 0.1) is 5.02 Å². The fraction of sp³-hybridized carbons (Fsp3) is 0. The van der Waals surface area contributed by atoms with Gasteiger partial charge in [0.1, 0.15) is 28.1 Å². The van der Waals surface area contributed by atoms with Gasteiger partial charge in [-0.15, -0.1) is 0 Å². The molecule has 0 bridgehead atoms. The number of benzene rings is 1. The van der Waals surface area contributed by atoms with Crippen molar-refractivity contribution in [3.8, 4) is 11.5 Å². The van der Waals surface area contributed by atoms with E-state index in [0.717, 1.165) is 0 Å². The highest BCUT2D eigenvalue weighted by Crippen LogP contribution is 2.34. The van der Waals surface area contributed by atoms with Crippen molar-refractivity contribution in [3.05, 3.63) is 52.3 Å². The maximum Gasteiger partial charge on any atom is 0.147 e. The third-order valence-electron chi connectivity index (χ3n) is 2.15. The van der Waals surface area contributed by atoms with Crippen molar-refractivity contribution in [3.63, 3.8) is 0 Å². The Kier molecular flexibility index (Phi) is 3.69. The lowest BCUT2D eigenvalue weighted by Gasteiger charge is -2.08. The van der Waals surface area contributed by atoms with Gasteiger partial charge in [0.15, 0.2) is 0 Å². The van der Waals surface area contributed by atoms with Crippen LogP contribution in [0.25, 0.3) is 0 Å². The first-order chi connectivity index (χ1) is 8.58. The minimum Gasteiger partial charge on any atom is -0.456 e. The third-order valence-corrected chi connectivity index (χ3v) is 2.95. The molecule has 2 aromatic rings. The van der Waals surface area contributed by atoms with Gasteiger partial charge in [-0.2, -0.15) is 0 Å². The van der Waals surface area contributed by atoms with Crippen molar-refractivity contribution in [1.82, 2.24) is 4.98 Å². The number of pyridine rings is 1. The second-order valence-electron chi connectivity index (χ2n) is 3.44. The highest BCUT2D eigenvalue weighted by atomic mass is 35.5. The Labute approximate surface area is 114 Å². The van der Waals surface area contributed by atoms with Gasteiger partial charge in [-0.3, -0.25) is 10.4 Å². The van der Waals surface area contributed by atoms with Crippen LogP contribution < -0.4 is 10.5 Å². The van der Waals surface area contributed by atoms with Crippen molar-refractivity contribution in [2.24, 2.45) is 5.73 Å². The quantitative estimate of drug-likeness (QED) is 0.668. The molecule has 6 heteroatoms. The van der Waals surface area contributed by atoms with E-state index in [9.17, 15) is 0 Å². The molecule has 0 saturated heterocycles. The molecule has 1 aromatic heterocycles. The molecule has 0 aliphatic rings. The zero-order valence-electron chi connectivity index (χ0n) is 9.15. The number of ether oxygens (including phenoxy) is 1. The standard InChI is InChI=1S/C12H9Cl2N3O/c13-8-2-1-3-10(11(8)14)18-7-4-5-17-9(6-7)12(15)16/h1-6H,(H3,15,16). The number of nitrogens with two attached hydrogens (primary N) is 1. The molecular weight excluding hydrogens is 273 g/mol. The van der Waals surface area contributed by atoms with E-state index in [-0.39, 0.29) is 5.84 Å². The number of nitrogen functional groups attached to an aromatic ring is 1. The van der Waals surface area contributed by atoms with E-state index in [0.29, 0.717) is 27.2 Å². The van der Waals surface area contributed by atoms with Gasteiger partial charge in [0.25, 0.3) is 0 Å². The van der Waals surface area contributed by atoms with Crippen LogP contribution in [0.3, 0.4) is 0 Å². The van der Waals surface area contributed by atoms with Crippen molar-refractivity contribution in [2.75, 3.05) is 0 Å². The van der Waals surface area contributed by atoms with Gasteiger partial charge >= 0.3 is 0 Å². The summed E-state index contributed by atoms with van der Waals surface area (Å²) in [5.41, 5.74) is 5.69. The molecule has 0 aliphatic carbocycles. The predicted molar refractivity (Wildman–Crippen MR) is 71.8 cm³/mol. The largest absolute Gasteiger partial charge is 0.456 e. The Hall–Kier alpha value is -1.78. The number of hydrogen-bond donors (Lipinski definition) is 2. The molecule has 0 aliphatic heterocycles. The number of nitrogens with one attached hydrogen (secondary N) is 1. The molecule has 0 spiro atoms. The molecule has 0 saturated carbocycles. The van der Waals surface area contributed by atoms with Crippen LogP contribution in [0.4, 0.5) is 0 Å². The summed E-state index contributed by atoms with van der Waals surface area (Å²) >= 11 is 11.9. The Balaban J connectivity index is 2.31. The summed E-state index contributed by atoms with van der Waals surface area (Å²) in [6.45, 7) is 0. The summed E-state index contributed by atoms with van der Waals surface area (Å²) in [5.74, 6) is 0.793. The van der Waals surface area contributed by atoms with E-state index < -0.39 is 0 Å². The van der Waals surface area contributed by atoms with Gasteiger partial charge in [-0.1, -0.05) is 29.3 Å². The summed E-state index contributed by atoms with van der Waals surface area (Å²) < 4.78 is 5.57. The van der Waals surface area contributed by atoms with Gasteiger partial charge in [-0.25, -0.2) is 0 Å². The van der Waals surface area contributed by atoms with E-state index in [1.165, 1.54) is 6.20 Å². The molecule has 2 rings (SSSR count). The zero-order valence-corrected chi connectivity index (χ0v) is 10.7. The lowest BCUT2D eigenvalue weighted by atomic mass is 10.3. The average Bonchev–Trinajstić information content (AvgIpc) is 2.35. The Morgan fingerprint density at radius 2 is 2.06 bits per heavy atom. The molecule has 3 N–H and O–H groups in total. The molecule has 0 unspecified atom stereocenters. The maximum atomic E-state index is 7.30. The summed E-state index contributed by atoms with van der Waals surface area (Å²) in [6, 6.07) is 8.30. The smallest absolute Gasteiger partial charge is 0.147 e. The topological polar surface area (TPSA) is 72.0 Å². The van der Waals surface area contributed by atoms with Crippen LogP contribution in [0.2, 0.25) is 10.0 Å². The highest BCUT2D eigenvalue weighted by molar-refractivity contribution is 6.42. The Morgan fingerprint density at radius 1 is 1.28 bits per heavy atom. The van der Waals surface area contributed by atoms with Crippen LogP contribution in [0.5, 0.6) is 11.5 Å². The first-order valence-electron chi connectivity index (χ1n) is 5.00. The zero-order chi connectivity index (χ0) is 13.1. The SMILES string of the molecule is N=C(N)c1cc(Oc2cccc(Cl)c2Cl)ccn1. The second-order valence-corrected chi connectivity index (χ2v) is 4.23. The monoisotopic (exact) mass is 281 g/mol. The van der Waals surface area contributed by atoms with E-state index >= 15 is 0 Å². The summed E-state index contributed by atoms with van der Waals surface area (Å²) in [5, 5.41) is 8.05. The van der Waals surface area contributed by atoms with E-state index in [4.69, 9.17) is 39.1 Å². The Morgan fingerprint density at radius 3 is 2.78 bits per heavy atom. The van der Waals surface area contributed by atoms with E-state index in [1.807, 2.05) is 0 Å². The van der Waals surface area contributed by atoms with E-state index in [2.05, 4.69) is 4.98 Å².